The van der Waals surface area contributed by atoms with Crippen LogP contribution >= 0.6 is 0 Å². The SMILES string of the molecule is CCN1CCC[C@H]1CNC(=O)CO/N=C/c1ccccc1. The predicted molar refractivity (Wildman–Crippen MR) is 83.3 cm³/mol. The van der Waals surface area contributed by atoms with E-state index in [1.807, 2.05) is 30.3 Å². The summed E-state index contributed by atoms with van der Waals surface area (Å²) in [5.74, 6) is -0.122. The molecule has 0 radical (unpaired) electrons. The summed E-state index contributed by atoms with van der Waals surface area (Å²) in [5, 5.41) is 6.70. The third-order valence-corrected chi connectivity index (χ3v) is 3.71. The normalized spacial score (nSPS) is 19.0. The molecule has 1 heterocycles. The average Bonchev–Trinajstić information content (AvgIpc) is 2.98. The van der Waals surface area contributed by atoms with Gasteiger partial charge in [0.15, 0.2) is 6.61 Å². The lowest BCUT2D eigenvalue weighted by Gasteiger charge is -2.22. The highest BCUT2D eigenvalue weighted by Crippen LogP contribution is 2.15. The molecule has 1 N–H and O–H groups in total. The Kier molecular flexibility index (Phi) is 6.22. The van der Waals surface area contributed by atoms with E-state index < -0.39 is 0 Å². The first-order chi connectivity index (χ1) is 10.3. The van der Waals surface area contributed by atoms with Crippen LogP contribution in [0.2, 0.25) is 0 Å². The molecule has 0 bridgehead atoms. The molecule has 5 heteroatoms. The molecule has 1 aromatic carbocycles. The third kappa shape index (κ3) is 5.19. The molecule has 114 valence electrons. The number of nitrogens with one attached hydrogen (secondary N) is 1. The molecule has 1 aromatic rings. The maximum Gasteiger partial charge on any atom is 0.260 e. The molecule has 1 atom stereocenters. The van der Waals surface area contributed by atoms with Crippen LogP contribution in [0.25, 0.3) is 0 Å². The molecule has 1 saturated heterocycles. The van der Waals surface area contributed by atoms with Gasteiger partial charge in [0.05, 0.1) is 6.21 Å². The zero-order valence-corrected chi connectivity index (χ0v) is 12.5. The van der Waals surface area contributed by atoms with Crippen LogP contribution in [0.15, 0.2) is 35.5 Å². The molecule has 1 amide bonds. The minimum atomic E-state index is -0.122. The molecule has 21 heavy (non-hydrogen) atoms. The van der Waals surface area contributed by atoms with E-state index in [0.717, 1.165) is 25.1 Å². The van der Waals surface area contributed by atoms with Gasteiger partial charge in [-0.25, -0.2) is 0 Å². The zero-order chi connectivity index (χ0) is 14.9. The average molecular weight is 289 g/mol. The van der Waals surface area contributed by atoms with Gasteiger partial charge in [0.2, 0.25) is 0 Å². The Morgan fingerprint density at radius 2 is 2.29 bits per heavy atom. The summed E-state index contributed by atoms with van der Waals surface area (Å²) in [6.45, 7) is 4.98. The molecular formula is C16H23N3O2. The van der Waals surface area contributed by atoms with Crippen molar-refractivity contribution in [3.05, 3.63) is 35.9 Å². The Labute approximate surface area is 126 Å². The predicted octanol–water partition coefficient (Wildman–Crippen LogP) is 1.64. The molecule has 5 nitrogen and oxygen atoms in total. The van der Waals surface area contributed by atoms with E-state index in [4.69, 9.17) is 4.84 Å². The van der Waals surface area contributed by atoms with Gasteiger partial charge in [-0.3, -0.25) is 9.69 Å². The lowest BCUT2D eigenvalue weighted by atomic mass is 10.2. The van der Waals surface area contributed by atoms with Crippen LogP contribution in [0.5, 0.6) is 0 Å². The quantitative estimate of drug-likeness (QED) is 0.613. The van der Waals surface area contributed by atoms with Crippen molar-refractivity contribution in [1.29, 1.82) is 0 Å². The lowest BCUT2D eigenvalue weighted by molar-refractivity contribution is -0.125. The number of likely N-dealkylation sites (tertiary alicyclic amines) is 1. The maximum atomic E-state index is 11.7. The second-order valence-corrected chi connectivity index (χ2v) is 5.15. The van der Waals surface area contributed by atoms with Crippen molar-refractivity contribution < 1.29 is 9.63 Å². The largest absolute Gasteiger partial charge is 0.386 e. The number of carbonyl (C=O) groups is 1. The minimum absolute atomic E-state index is 0.0395. The van der Waals surface area contributed by atoms with Crippen LogP contribution in [0.4, 0.5) is 0 Å². The standard InChI is InChI=1S/C16H23N3O2/c1-2-19-10-6-9-15(19)12-17-16(20)13-21-18-11-14-7-4-3-5-8-14/h3-5,7-8,11,15H,2,6,9-10,12-13H2,1H3,(H,17,20)/b18-11+/t15-/m0/s1. The van der Waals surface area contributed by atoms with Crippen LogP contribution in [0, 0.1) is 0 Å². The second-order valence-electron chi connectivity index (χ2n) is 5.15. The van der Waals surface area contributed by atoms with Gasteiger partial charge in [-0.2, -0.15) is 0 Å². The van der Waals surface area contributed by atoms with Crippen molar-refractivity contribution in [2.45, 2.75) is 25.8 Å². The molecule has 0 unspecified atom stereocenters. The molecule has 1 fully saturated rings. The summed E-state index contributed by atoms with van der Waals surface area (Å²) in [6.07, 6.45) is 3.97. The summed E-state index contributed by atoms with van der Waals surface area (Å²) in [6, 6.07) is 10.1. The summed E-state index contributed by atoms with van der Waals surface area (Å²) in [7, 11) is 0. The number of amides is 1. The topological polar surface area (TPSA) is 53.9 Å². The van der Waals surface area contributed by atoms with Gasteiger partial charge in [-0.05, 0) is 31.5 Å². The van der Waals surface area contributed by atoms with E-state index in [-0.39, 0.29) is 12.5 Å². The second kappa shape index (κ2) is 8.42. The van der Waals surface area contributed by atoms with Gasteiger partial charge in [0.25, 0.3) is 5.91 Å². The van der Waals surface area contributed by atoms with Crippen LogP contribution in [0.3, 0.4) is 0 Å². The van der Waals surface area contributed by atoms with Crippen molar-refractivity contribution in [3.8, 4) is 0 Å². The molecule has 0 aliphatic carbocycles. The third-order valence-electron chi connectivity index (χ3n) is 3.71. The highest BCUT2D eigenvalue weighted by molar-refractivity contribution is 5.79. The van der Waals surface area contributed by atoms with E-state index >= 15 is 0 Å². The molecule has 0 aromatic heterocycles. The highest BCUT2D eigenvalue weighted by atomic mass is 16.6. The summed E-state index contributed by atoms with van der Waals surface area (Å²) < 4.78 is 0. The van der Waals surface area contributed by atoms with Crippen molar-refractivity contribution >= 4 is 12.1 Å². The van der Waals surface area contributed by atoms with Gasteiger partial charge < -0.3 is 10.2 Å². The Bertz CT molecular complexity index is 462. The Morgan fingerprint density at radius 1 is 1.48 bits per heavy atom. The molecule has 0 saturated carbocycles. The van der Waals surface area contributed by atoms with E-state index in [0.29, 0.717) is 12.6 Å². The van der Waals surface area contributed by atoms with Crippen molar-refractivity contribution in [3.63, 3.8) is 0 Å². The van der Waals surface area contributed by atoms with E-state index in [1.165, 1.54) is 6.42 Å². The minimum Gasteiger partial charge on any atom is -0.386 e. The first kappa shape index (κ1) is 15.5. The van der Waals surface area contributed by atoms with E-state index in [9.17, 15) is 4.79 Å². The number of hydrogen-bond donors (Lipinski definition) is 1. The van der Waals surface area contributed by atoms with Crippen LogP contribution < -0.4 is 5.32 Å². The van der Waals surface area contributed by atoms with Gasteiger partial charge in [-0.1, -0.05) is 42.4 Å². The fourth-order valence-corrected chi connectivity index (χ4v) is 2.56. The summed E-state index contributed by atoms with van der Waals surface area (Å²) in [4.78, 5) is 19.1. The first-order valence-electron chi connectivity index (χ1n) is 7.50. The van der Waals surface area contributed by atoms with Crippen LogP contribution in [-0.2, 0) is 9.63 Å². The monoisotopic (exact) mass is 289 g/mol. The van der Waals surface area contributed by atoms with Crippen LogP contribution in [-0.4, -0.2) is 49.3 Å². The van der Waals surface area contributed by atoms with Gasteiger partial charge in [-0.15, -0.1) is 0 Å². The Balaban J connectivity index is 1.63. The van der Waals surface area contributed by atoms with Gasteiger partial charge in [0.1, 0.15) is 0 Å². The Hall–Kier alpha value is -1.88. The molecule has 2 rings (SSSR count). The number of carbonyl (C=O) groups excluding carboxylic acids is 1. The Morgan fingerprint density at radius 3 is 3.05 bits per heavy atom. The zero-order valence-electron chi connectivity index (χ0n) is 12.5. The van der Waals surface area contributed by atoms with E-state index in [2.05, 4.69) is 22.3 Å². The first-order valence-corrected chi connectivity index (χ1v) is 7.50. The smallest absolute Gasteiger partial charge is 0.260 e. The fraction of sp³-hybridized carbons (Fsp3) is 0.500. The number of rotatable bonds is 7. The number of nitrogens with zero attached hydrogens (tertiary/aromatic N) is 2. The van der Waals surface area contributed by atoms with Crippen LogP contribution in [0.1, 0.15) is 25.3 Å². The van der Waals surface area contributed by atoms with Gasteiger partial charge in [0, 0.05) is 12.6 Å². The number of likely N-dealkylation sites (N-methyl/N-ethyl adjacent to an activating group) is 1. The lowest BCUT2D eigenvalue weighted by Crippen LogP contribution is -2.41. The fourth-order valence-electron chi connectivity index (χ4n) is 2.56. The maximum absolute atomic E-state index is 11.7. The van der Waals surface area contributed by atoms with Crippen molar-refractivity contribution in [2.75, 3.05) is 26.2 Å². The van der Waals surface area contributed by atoms with E-state index in [1.54, 1.807) is 6.21 Å². The highest BCUT2D eigenvalue weighted by Gasteiger charge is 2.22. The molecular weight excluding hydrogens is 266 g/mol. The molecule has 0 spiro atoms. The molecule has 1 aliphatic heterocycles. The summed E-state index contributed by atoms with van der Waals surface area (Å²) in [5.41, 5.74) is 0.947. The summed E-state index contributed by atoms with van der Waals surface area (Å²) >= 11 is 0. The van der Waals surface area contributed by atoms with Crippen molar-refractivity contribution in [2.24, 2.45) is 5.16 Å². The molecule has 1 aliphatic rings. The number of oxime groups is 1. The number of hydrogen-bond acceptors (Lipinski definition) is 4. The van der Waals surface area contributed by atoms with Gasteiger partial charge >= 0.3 is 0 Å². The van der Waals surface area contributed by atoms with Crippen molar-refractivity contribution in [1.82, 2.24) is 10.2 Å². The number of benzene rings is 1.